The molecule has 4 amide bonds. The van der Waals surface area contributed by atoms with Crippen LogP contribution in [0.1, 0.15) is 20.3 Å². The van der Waals surface area contributed by atoms with Gasteiger partial charge in [0.2, 0.25) is 11.0 Å². The molecule has 2 aromatic rings. The molecular weight excluding hydrogens is 468 g/mol. The Hall–Kier alpha value is -2.18. The molecule has 2 heterocycles. The highest BCUT2D eigenvalue weighted by Gasteiger charge is 2.47. The van der Waals surface area contributed by atoms with Gasteiger partial charge in [0, 0.05) is 10.2 Å². The van der Waals surface area contributed by atoms with Crippen LogP contribution in [0.2, 0.25) is 0 Å². The largest absolute Gasteiger partial charge is 0.344 e. The molecule has 9 nitrogen and oxygen atoms in total. The molecule has 1 fully saturated rings. The average Bonchev–Trinajstić information content (AvgIpc) is 3.18. The Labute approximate surface area is 177 Å². The quantitative estimate of drug-likeness (QED) is 0.408. The first-order valence-electron chi connectivity index (χ1n) is 8.26. The van der Waals surface area contributed by atoms with Gasteiger partial charge in [0.25, 0.3) is 5.91 Å². The van der Waals surface area contributed by atoms with Crippen LogP contribution in [0, 0.1) is 0 Å². The molecular formula is C16H17BrN6O3S2. The first-order chi connectivity index (χ1) is 13.3. The second kappa shape index (κ2) is 8.45. The standard InChI is InChI=1S/C16H17BrN6O3S2/c1-3-16(2)12(25)23(14(26)19-16)22-11(24)8-27-15-21-20-13(28-15)18-10-6-4-5-9(17)7-10/h4-7H,3,8H2,1-2H3,(H,18,20)(H,19,26)(H,22,24). The molecule has 3 N–H and O–H groups in total. The van der Waals surface area contributed by atoms with Crippen LogP contribution in [0.5, 0.6) is 0 Å². The molecule has 0 saturated carbocycles. The van der Waals surface area contributed by atoms with E-state index in [1.165, 1.54) is 23.1 Å². The van der Waals surface area contributed by atoms with E-state index in [9.17, 15) is 14.4 Å². The fraction of sp³-hybridized carbons (Fsp3) is 0.312. The van der Waals surface area contributed by atoms with Gasteiger partial charge in [0.05, 0.1) is 5.75 Å². The summed E-state index contributed by atoms with van der Waals surface area (Å²) in [5.74, 6) is -0.967. The van der Waals surface area contributed by atoms with E-state index in [1.54, 1.807) is 13.8 Å². The van der Waals surface area contributed by atoms with E-state index >= 15 is 0 Å². The van der Waals surface area contributed by atoms with E-state index in [0.717, 1.165) is 15.2 Å². The maximum Gasteiger partial charge on any atom is 0.344 e. The van der Waals surface area contributed by atoms with Crippen molar-refractivity contribution in [2.75, 3.05) is 11.1 Å². The zero-order chi connectivity index (χ0) is 20.3. The predicted octanol–water partition coefficient (Wildman–Crippen LogP) is 2.89. The number of carbonyl (C=O) groups excluding carboxylic acids is 3. The highest BCUT2D eigenvalue weighted by molar-refractivity contribution is 9.10. The van der Waals surface area contributed by atoms with Crippen LogP contribution in [-0.2, 0) is 9.59 Å². The molecule has 1 saturated heterocycles. The van der Waals surface area contributed by atoms with Crippen LogP contribution in [0.3, 0.4) is 0 Å². The highest BCUT2D eigenvalue weighted by Crippen LogP contribution is 2.28. The number of urea groups is 1. The number of amides is 4. The molecule has 28 heavy (non-hydrogen) atoms. The van der Waals surface area contributed by atoms with Gasteiger partial charge >= 0.3 is 6.03 Å². The van der Waals surface area contributed by atoms with Crippen molar-refractivity contribution in [3.63, 3.8) is 0 Å². The fourth-order valence-corrected chi connectivity index (χ4v) is 4.28. The molecule has 1 aromatic heterocycles. The summed E-state index contributed by atoms with van der Waals surface area (Å²) in [7, 11) is 0. The topological polar surface area (TPSA) is 116 Å². The van der Waals surface area contributed by atoms with Gasteiger partial charge in [-0.3, -0.25) is 15.0 Å². The molecule has 0 bridgehead atoms. The molecule has 1 atom stereocenters. The molecule has 148 valence electrons. The van der Waals surface area contributed by atoms with Gasteiger partial charge in [0.1, 0.15) is 5.54 Å². The fourth-order valence-electron chi connectivity index (χ4n) is 2.32. The maximum absolute atomic E-state index is 12.3. The number of imide groups is 1. The van der Waals surface area contributed by atoms with E-state index in [-0.39, 0.29) is 5.75 Å². The lowest BCUT2D eigenvalue weighted by Gasteiger charge is -2.19. The van der Waals surface area contributed by atoms with Gasteiger partial charge in [-0.2, -0.15) is 5.01 Å². The van der Waals surface area contributed by atoms with E-state index in [1.807, 2.05) is 24.3 Å². The number of hydrazine groups is 1. The Morgan fingerprint density at radius 3 is 2.86 bits per heavy atom. The predicted molar refractivity (Wildman–Crippen MR) is 110 cm³/mol. The SMILES string of the molecule is CCC1(C)NC(=O)N(NC(=O)CSc2nnc(Nc3cccc(Br)c3)s2)C1=O. The van der Waals surface area contributed by atoms with Crippen molar-refractivity contribution in [3.8, 4) is 0 Å². The number of hydrogen-bond acceptors (Lipinski definition) is 8. The van der Waals surface area contributed by atoms with Crippen molar-refractivity contribution in [2.24, 2.45) is 0 Å². The van der Waals surface area contributed by atoms with E-state index in [4.69, 9.17) is 0 Å². The van der Waals surface area contributed by atoms with Gasteiger partial charge in [-0.15, -0.1) is 10.2 Å². The first-order valence-corrected chi connectivity index (χ1v) is 10.9. The van der Waals surface area contributed by atoms with E-state index < -0.39 is 23.4 Å². The second-order valence-electron chi connectivity index (χ2n) is 6.09. The summed E-state index contributed by atoms with van der Waals surface area (Å²) in [4.78, 5) is 36.3. The first kappa shape index (κ1) is 20.6. The summed E-state index contributed by atoms with van der Waals surface area (Å²) in [6, 6.07) is 6.98. The van der Waals surface area contributed by atoms with Crippen LogP contribution in [0.15, 0.2) is 33.1 Å². The molecule has 12 heteroatoms. The minimum atomic E-state index is -0.996. The van der Waals surface area contributed by atoms with Crippen molar-refractivity contribution in [3.05, 3.63) is 28.7 Å². The Morgan fingerprint density at radius 2 is 2.18 bits per heavy atom. The van der Waals surface area contributed by atoms with Crippen LogP contribution < -0.4 is 16.1 Å². The van der Waals surface area contributed by atoms with Crippen molar-refractivity contribution >= 4 is 67.7 Å². The third-order valence-electron chi connectivity index (χ3n) is 4.01. The zero-order valence-corrected chi connectivity index (χ0v) is 18.2. The number of benzene rings is 1. The number of nitrogens with one attached hydrogen (secondary N) is 3. The summed E-state index contributed by atoms with van der Waals surface area (Å²) in [5, 5.41) is 15.1. The summed E-state index contributed by atoms with van der Waals surface area (Å²) >= 11 is 5.87. The smallest absolute Gasteiger partial charge is 0.330 e. The number of anilines is 2. The van der Waals surface area contributed by atoms with Gasteiger partial charge in [-0.1, -0.05) is 52.0 Å². The van der Waals surface area contributed by atoms with Crippen LogP contribution in [-0.4, -0.2) is 44.3 Å². The number of nitrogens with zero attached hydrogens (tertiary/aromatic N) is 3. The molecule has 0 radical (unpaired) electrons. The number of hydrogen-bond donors (Lipinski definition) is 3. The summed E-state index contributed by atoms with van der Waals surface area (Å²) in [5.41, 5.74) is 2.20. The van der Waals surface area contributed by atoms with Gasteiger partial charge in [-0.25, -0.2) is 4.79 Å². The minimum absolute atomic E-state index is 0.00851. The monoisotopic (exact) mass is 484 g/mol. The number of aromatic nitrogens is 2. The lowest BCUT2D eigenvalue weighted by atomic mass is 10.00. The van der Waals surface area contributed by atoms with Crippen molar-refractivity contribution in [1.82, 2.24) is 25.9 Å². The van der Waals surface area contributed by atoms with Gasteiger partial charge in [0.15, 0.2) is 4.34 Å². The Balaban J connectivity index is 1.52. The lowest BCUT2D eigenvalue weighted by molar-refractivity contribution is -0.137. The van der Waals surface area contributed by atoms with Gasteiger partial charge < -0.3 is 10.6 Å². The molecule has 1 aromatic carbocycles. The Kier molecular flexibility index (Phi) is 6.20. The lowest BCUT2D eigenvalue weighted by Crippen LogP contribution is -2.49. The zero-order valence-electron chi connectivity index (χ0n) is 15.0. The molecule has 1 aliphatic rings. The third-order valence-corrected chi connectivity index (χ3v) is 6.48. The second-order valence-corrected chi connectivity index (χ2v) is 9.20. The molecule has 0 aliphatic carbocycles. The summed E-state index contributed by atoms with van der Waals surface area (Å²) in [6.45, 7) is 3.41. The molecule has 1 aliphatic heterocycles. The van der Waals surface area contributed by atoms with Crippen LogP contribution >= 0.6 is 39.0 Å². The maximum atomic E-state index is 12.3. The Bertz CT molecular complexity index is 923. The third kappa shape index (κ3) is 4.62. The average molecular weight is 485 g/mol. The van der Waals surface area contributed by atoms with Crippen LogP contribution in [0.25, 0.3) is 0 Å². The molecule has 3 rings (SSSR count). The minimum Gasteiger partial charge on any atom is -0.330 e. The van der Waals surface area contributed by atoms with E-state index in [2.05, 4.69) is 42.2 Å². The van der Waals surface area contributed by atoms with Crippen molar-refractivity contribution in [2.45, 2.75) is 30.1 Å². The number of halogens is 1. The molecule has 1 unspecified atom stereocenters. The summed E-state index contributed by atoms with van der Waals surface area (Å²) in [6.07, 6.45) is 0.428. The number of thioether (sulfide) groups is 1. The number of rotatable bonds is 7. The highest BCUT2D eigenvalue weighted by atomic mass is 79.9. The van der Waals surface area contributed by atoms with Crippen molar-refractivity contribution < 1.29 is 14.4 Å². The van der Waals surface area contributed by atoms with Crippen molar-refractivity contribution in [1.29, 1.82) is 0 Å². The van der Waals surface area contributed by atoms with Crippen LogP contribution in [0.4, 0.5) is 15.6 Å². The van der Waals surface area contributed by atoms with Gasteiger partial charge in [-0.05, 0) is 31.5 Å². The number of carbonyl (C=O) groups is 3. The summed E-state index contributed by atoms with van der Waals surface area (Å²) < 4.78 is 1.52. The Morgan fingerprint density at radius 1 is 1.39 bits per heavy atom. The normalized spacial score (nSPS) is 18.9. The molecule has 0 spiro atoms. The van der Waals surface area contributed by atoms with E-state index in [0.29, 0.717) is 15.9 Å².